The minimum Gasteiger partial charge on any atom is -0.477 e. The van der Waals surface area contributed by atoms with Gasteiger partial charge in [-0.1, -0.05) is 0 Å². The summed E-state index contributed by atoms with van der Waals surface area (Å²) in [6.45, 7) is 0.647. The molecule has 1 aromatic carbocycles. The van der Waals surface area contributed by atoms with Gasteiger partial charge in [-0.25, -0.2) is 18.0 Å². The molecule has 0 spiro atoms. The largest absolute Gasteiger partial charge is 0.477 e. The molecule has 3 nitrogen and oxygen atoms in total. The molecule has 1 fully saturated rings. The topological polar surface area (TPSA) is 49.3 Å². The Morgan fingerprint density at radius 3 is 2.59 bits per heavy atom. The smallest absolute Gasteiger partial charge is 0.341 e. The van der Waals surface area contributed by atoms with Crippen LogP contribution in [0.4, 0.5) is 13.2 Å². The standard InChI is InChI=1S/C11H10F3NO2/c12-6-4-5(7-2-1-3-15-7)9(13)10(14)8(6)11(16)17/h4,7,15H,1-3H2,(H,16,17). The predicted octanol–water partition coefficient (Wildman–Crippen LogP) is 2.23. The summed E-state index contributed by atoms with van der Waals surface area (Å²) in [5, 5.41) is 11.5. The van der Waals surface area contributed by atoms with Gasteiger partial charge < -0.3 is 10.4 Å². The number of rotatable bonds is 2. The molecule has 1 saturated heterocycles. The minimum atomic E-state index is -1.81. The highest BCUT2D eigenvalue weighted by atomic mass is 19.2. The van der Waals surface area contributed by atoms with Crippen LogP contribution >= 0.6 is 0 Å². The van der Waals surface area contributed by atoms with Crippen LogP contribution in [0.5, 0.6) is 0 Å². The van der Waals surface area contributed by atoms with Crippen LogP contribution in [0.3, 0.4) is 0 Å². The number of benzene rings is 1. The molecule has 2 rings (SSSR count). The average molecular weight is 245 g/mol. The lowest BCUT2D eigenvalue weighted by Crippen LogP contribution is -2.17. The van der Waals surface area contributed by atoms with Crippen molar-refractivity contribution in [1.29, 1.82) is 0 Å². The Morgan fingerprint density at radius 2 is 2.06 bits per heavy atom. The van der Waals surface area contributed by atoms with Crippen LogP contribution in [-0.2, 0) is 0 Å². The number of hydrogen-bond donors (Lipinski definition) is 2. The molecule has 92 valence electrons. The van der Waals surface area contributed by atoms with Crippen molar-refractivity contribution in [3.63, 3.8) is 0 Å². The minimum absolute atomic E-state index is 0.150. The molecule has 1 aromatic rings. The summed E-state index contributed by atoms with van der Waals surface area (Å²) in [4.78, 5) is 10.6. The van der Waals surface area contributed by atoms with E-state index in [4.69, 9.17) is 5.11 Å². The zero-order valence-electron chi connectivity index (χ0n) is 8.77. The van der Waals surface area contributed by atoms with Gasteiger partial charge in [0.2, 0.25) is 0 Å². The van der Waals surface area contributed by atoms with Crippen molar-refractivity contribution in [2.75, 3.05) is 6.54 Å². The Labute approximate surface area is 95.3 Å². The molecule has 17 heavy (non-hydrogen) atoms. The van der Waals surface area contributed by atoms with E-state index < -0.39 is 35.0 Å². The normalized spacial score (nSPS) is 19.6. The van der Waals surface area contributed by atoms with Crippen molar-refractivity contribution in [1.82, 2.24) is 5.32 Å². The first-order valence-corrected chi connectivity index (χ1v) is 5.16. The van der Waals surface area contributed by atoms with Crippen LogP contribution in [0.25, 0.3) is 0 Å². The maximum atomic E-state index is 13.6. The second-order valence-electron chi connectivity index (χ2n) is 3.90. The Bertz CT molecular complexity index is 470. The Balaban J connectivity index is 2.53. The third-order valence-electron chi connectivity index (χ3n) is 2.84. The fourth-order valence-corrected chi connectivity index (χ4v) is 2.01. The summed E-state index contributed by atoms with van der Waals surface area (Å²) in [6, 6.07) is 0.298. The van der Waals surface area contributed by atoms with Crippen LogP contribution in [0, 0.1) is 17.5 Å². The molecule has 1 aliphatic heterocycles. The zero-order valence-corrected chi connectivity index (χ0v) is 8.77. The second-order valence-corrected chi connectivity index (χ2v) is 3.90. The number of hydrogen-bond acceptors (Lipinski definition) is 2. The van der Waals surface area contributed by atoms with Gasteiger partial charge in [-0.15, -0.1) is 0 Å². The van der Waals surface area contributed by atoms with Crippen LogP contribution in [0.15, 0.2) is 6.07 Å². The van der Waals surface area contributed by atoms with E-state index in [1.807, 2.05) is 0 Å². The maximum Gasteiger partial charge on any atom is 0.341 e. The van der Waals surface area contributed by atoms with Crippen LogP contribution in [-0.4, -0.2) is 17.6 Å². The predicted molar refractivity (Wildman–Crippen MR) is 53.3 cm³/mol. The third kappa shape index (κ3) is 2.00. The molecule has 6 heteroatoms. The fourth-order valence-electron chi connectivity index (χ4n) is 2.01. The average Bonchev–Trinajstić information content (AvgIpc) is 2.76. The van der Waals surface area contributed by atoms with Gasteiger partial charge in [0.05, 0.1) is 0 Å². The molecule has 0 amide bonds. The third-order valence-corrected chi connectivity index (χ3v) is 2.84. The second kappa shape index (κ2) is 4.37. The van der Waals surface area contributed by atoms with E-state index in [1.54, 1.807) is 0 Å². The molecule has 1 atom stereocenters. The summed E-state index contributed by atoms with van der Waals surface area (Å²) in [7, 11) is 0. The van der Waals surface area contributed by atoms with Crippen molar-refractivity contribution in [2.24, 2.45) is 0 Å². The van der Waals surface area contributed by atoms with Gasteiger partial charge in [0, 0.05) is 11.6 Å². The molecular weight excluding hydrogens is 235 g/mol. The molecule has 1 aliphatic rings. The number of carboxylic acid groups (broad SMARTS) is 1. The zero-order chi connectivity index (χ0) is 12.6. The molecule has 0 saturated carbocycles. The van der Waals surface area contributed by atoms with Crippen molar-refractivity contribution < 1.29 is 23.1 Å². The van der Waals surface area contributed by atoms with E-state index in [0.717, 1.165) is 12.5 Å². The molecule has 2 N–H and O–H groups in total. The van der Waals surface area contributed by atoms with Gasteiger partial charge in [-0.3, -0.25) is 0 Å². The van der Waals surface area contributed by atoms with Gasteiger partial charge in [0.15, 0.2) is 11.6 Å². The van der Waals surface area contributed by atoms with E-state index in [9.17, 15) is 18.0 Å². The summed E-state index contributed by atoms with van der Waals surface area (Å²) in [6.07, 6.45) is 1.36. The van der Waals surface area contributed by atoms with Crippen LogP contribution in [0.1, 0.15) is 34.8 Å². The Morgan fingerprint density at radius 1 is 1.35 bits per heavy atom. The molecule has 0 aliphatic carbocycles. The number of carboxylic acids is 1. The molecule has 1 heterocycles. The van der Waals surface area contributed by atoms with Crippen LogP contribution < -0.4 is 5.32 Å². The molecule has 0 aromatic heterocycles. The summed E-state index contributed by atoms with van der Waals surface area (Å²) < 4.78 is 40.4. The lowest BCUT2D eigenvalue weighted by atomic mass is 10.0. The molecule has 1 unspecified atom stereocenters. The monoisotopic (exact) mass is 245 g/mol. The highest BCUT2D eigenvalue weighted by Crippen LogP contribution is 2.29. The SMILES string of the molecule is O=C(O)c1c(F)cc(C2CCCN2)c(F)c1F. The van der Waals surface area contributed by atoms with Crippen molar-refractivity contribution in [3.8, 4) is 0 Å². The first kappa shape index (κ1) is 11.9. The Hall–Kier alpha value is -1.56. The Kier molecular flexibility index (Phi) is 3.06. The van der Waals surface area contributed by atoms with Crippen molar-refractivity contribution in [2.45, 2.75) is 18.9 Å². The van der Waals surface area contributed by atoms with Crippen LogP contribution in [0.2, 0.25) is 0 Å². The number of carbonyl (C=O) groups is 1. The first-order valence-electron chi connectivity index (χ1n) is 5.16. The lowest BCUT2D eigenvalue weighted by Gasteiger charge is -2.13. The van der Waals surface area contributed by atoms with E-state index in [2.05, 4.69) is 5.32 Å². The lowest BCUT2D eigenvalue weighted by molar-refractivity contribution is 0.0685. The summed E-state index contributed by atoms with van der Waals surface area (Å²) in [5.41, 5.74) is -1.40. The fraction of sp³-hybridized carbons (Fsp3) is 0.364. The van der Waals surface area contributed by atoms with E-state index in [1.165, 1.54) is 0 Å². The van der Waals surface area contributed by atoms with E-state index in [0.29, 0.717) is 13.0 Å². The van der Waals surface area contributed by atoms with Gasteiger partial charge in [0.1, 0.15) is 11.4 Å². The highest BCUT2D eigenvalue weighted by molar-refractivity contribution is 5.88. The molecular formula is C11H10F3NO2. The number of halogens is 3. The van der Waals surface area contributed by atoms with Crippen molar-refractivity contribution >= 4 is 5.97 Å². The van der Waals surface area contributed by atoms with E-state index >= 15 is 0 Å². The van der Waals surface area contributed by atoms with Crippen molar-refractivity contribution in [3.05, 3.63) is 34.6 Å². The van der Waals surface area contributed by atoms with Gasteiger partial charge in [-0.05, 0) is 25.5 Å². The number of nitrogens with one attached hydrogen (secondary N) is 1. The highest BCUT2D eigenvalue weighted by Gasteiger charge is 2.28. The van der Waals surface area contributed by atoms with E-state index in [-0.39, 0.29) is 5.56 Å². The molecule has 0 bridgehead atoms. The van der Waals surface area contributed by atoms with Gasteiger partial charge >= 0.3 is 5.97 Å². The maximum absolute atomic E-state index is 13.6. The summed E-state index contributed by atoms with van der Waals surface area (Å²) in [5.74, 6) is -5.99. The quantitative estimate of drug-likeness (QED) is 0.785. The first-order chi connectivity index (χ1) is 8.02. The van der Waals surface area contributed by atoms with Gasteiger partial charge in [0.25, 0.3) is 0 Å². The summed E-state index contributed by atoms with van der Waals surface area (Å²) >= 11 is 0. The van der Waals surface area contributed by atoms with Gasteiger partial charge in [-0.2, -0.15) is 0 Å². The number of aromatic carboxylic acids is 1. The molecule has 0 radical (unpaired) electrons.